The number of rotatable bonds is 5. The van der Waals surface area contributed by atoms with Gasteiger partial charge in [-0.15, -0.1) is 0 Å². The fourth-order valence-corrected chi connectivity index (χ4v) is 4.45. The molecular weight excluding hydrogens is 406 g/mol. The van der Waals surface area contributed by atoms with Crippen molar-refractivity contribution in [2.45, 2.75) is 19.4 Å². The zero-order valence-corrected chi connectivity index (χ0v) is 18.0. The second-order valence-electron chi connectivity index (χ2n) is 8.28. The van der Waals surface area contributed by atoms with Crippen LogP contribution in [0.4, 0.5) is 5.82 Å². The SMILES string of the molecule is O=C(C1CCCN(c2cc(-n3cncn3)ncn2)C1)N1CCN(Cc2ccccn2)CC1. The van der Waals surface area contributed by atoms with Crippen molar-refractivity contribution < 1.29 is 4.79 Å². The van der Waals surface area contributed by atoms with E-state index in [1.165, 1.54) is 6.33 Å². The maximum absolute atomic E-state index is 13.3. The van der Waals surface area contributed by atoms with Gasteiger partial charge in [-0.25, -0.2) is 19.6 Å². The molecule has 32 heavy (non-hydrogen) atoms. The quantitative estimate of drug-likeness (QED) is 0.588. The summed E-state index contributed by atoms with van der Waals surface area (Å²) in [4.78, 5) is 37.0. The minimum absolute atomic E-state index is 0.00382. The lowest BCUT2D eigenvalue weighted by molar-refractivity contribution is -0.137. The van der Waals surface area contributed by atoms with Crippen LogP contribution in [0.25, 0.3) is 5.82 Å². The predicted molar refractivity (Wildman–Crippen MR) is 118 cm³/mol. The van der Waals surface area contributed by atoms with E-state index in [9.17, 15) is 4.79 Å². The second kappa shape index (κ2) is 9.39. The highest BCUT2D eigenvalue weighted by Gasteiger charge is 2.31. The van der Waals surface area contributed by atoms with Crippen LogP contribution in [0.1, 0.15) is 18.5 Å². The molecule has 3 aromatic rings. The summed E-state index contributed by atoms with van der Waals surface area (Å²) in [5.41, 5.74) is 1.07. The number of amides is 1. The number of carbonyl (C=O) groups excluding carboxylic acids is 1. The number of aromatic nitrogens is 6. The van der Waals surface area contributed by atoms with Gasteiger partial charge >= 0.3 is 0 Å². The smallest absolute Gasteiger partial charge is 0.227 e. The van der Waals surface area contributed by atoms with E-state index in [0.717, 1.165) is 63.6 Å². The van der Waals surface area contributed by atoms with E-state index in [4.69, 9.17) is 0 Å². The Balaban J connectivity index is 1.18. The lowest BCUT2D eigenvalue weighted by Crippen LogP contribution is -2.52. The summed E-state index contributed by atoms with van der Waals surface area (Å²) in [6.45, 7) is 5.70. The molecule has 0 aromatic carbocycles. The average molecular weight is 434 g/mol. The Bertz CT molecular complexity index is 1020. The van der Waals surface area contributed by atoms with Gasteiger partial charge in [0.15, 0.2) is 5.82 Å². The van der Waals surface area contributed by atoms with Crippen molar-refractivity contribution in [3.05, 3.63) is 55.1 Å². The van der Waals surface area contributed by atoms with E-state index in [2.05, 4.69) is 40.9 Å². The first-order valence-electron chi connectivity index (χ1n) is 11.1. The maximum atomic E-state index is 13.3. The number of carbonyl (C=O) groups is 1. The van der Waals surface area contributed by atoms with Crippen LogP contribution in [0.2, 0.25) is 0 Å². The molecule has 0 aliphatic carbocycles. The first kappa shape index (κ1) is 20.5. The summed E-state index contributed by atoms with van der Waals surface area (Å²) in [6.07, 6.45) is 8.36. The topological polar surface area (TPSA) is 96.2 Å². The molecule has 10 nitrogen and oxygen atoms in total. The number of pyridine rings is 1. The minimum atomic E-state index is -0.00382. The molecule has 5 rings (SSSR count). The van der Waals surface area contributed by atoms with Gasteiger partial charge in [-0.3, -0.25) is 14.7 Å². The number of piperidine rings is 1. The third-order valence-electron chi connectivity index (χ3n) is 6.18. The Hall–Kier alpha value is -3.40. The molecule has 2 fully saturated rings. The van der Waals surface area contributed by atoms with Crippen molar-refractivity contribution in [2.75, 3.05) is 44.2 Å². The molecule has 2 aliphatic heterocycles. The van der Waals surface area contributed by atoms with Gasteiger partial charge in [0, 0.05) is 58.1 Å². The number of hydrogen-bond acceptors (Lipinski definition) is 8. The van der Waals surface area contributed by atoms with E-state index >= 15 is 0 Å². The van der Waals surface area contributed by atoms with Gasteiger partial charge in [0.1, 0.15) is 24.8 Å². The second-order valence-corrected chi connectivity index (χ2v) is 8.28. The number of hydrogen-bond donors (Lipinski definition) is 0. The first-order chi connectivity index (χ1) is 15.8. The normalized spacial score (nSPS) is 19.8. The van der Waals surface area contributed by atoms with Crippen molar-refractivity contribution in [3.8, 4) is 5.82 Å². The summed E-state index contributed by atoms with van der Waals surface area (Å²) in [6, 6.07) is 7.90. The highest BCUT2D eigenvalue weighted by atomic mass is 16.2. The van der Waals surface area contributed by atoms with Crippen molar-refractivity contribution in [1.29, 1.82) is 0 Å². The molecule has 0 spiro atoms. The molecule has 0 N–H and O–H groups in total. The summed E-state index contributed by atoms with van der Waals surface area (Å²) < 4.78 is 1.61. The van der Waals surface area contributed by atoms with Crippen LogP contribution >= 0.6 is 0 Å². The summed E-state index contributed by atoms with van der Waals surface area (Å²) in [5.74, 6) is 1.75. The van der Waals surface area contributed by atoms with Crippen LogP contribution in [0.5, 0.6) is 0 Å². The Morgan fingerprint density at radius 2 is 1.88 bits per heavy atom. The molecule has 166 valence electrons. The van der Waals surface area contributed by atoms with E-state index < -0.39 is 0 Å². The largest absolute Gasteiger partial charge is 0.356 e. The molecule has 3 aromatic heterocycles. The summed E-state index contributed by atoms with van der Waals surface area (Å²) in [5, 5.41) is 4.14. The first-order valence-corrected chi connectivity index (χ1v) is 11.1. The van der Waals surface area contributed by atoms with Crippen LogP contribution < -0.4 is 4.90 Å². The molecule has 0 saturated carbocycles. The Kier molecular flexibility index (Phi) is 6.02. The van der Waals surface area contributed by atoms with Crippen molar-refractivity contribution in [3.63, 3.8) is 0 Å². The third-order valence-corrected chi connectivity index (χ3v) is 6.18. The van der Waals surface area contributed by atoms with Crippen LogP contribution in [-0.2, 0) is 11.3 Å². The highest BCUT2D eigenvalue weighted by Crippen LogP contribution is 2.24. The molecule has 1 amide bonds. The standard InChI is InChI=1S/C22H27N9O/c32-22(29-10-8-28(9-11-29)14-19-5-1-2-6-24-19)18-4-3-7-30(13-18)20-12-21(26-16-25-20)31-17-23-15-27-31/h1-2,5-6,12,15-18H,3-4,7-11,13-14H2. The third kappa shape index (κ3) is 4.59. The Labute approximate surface area is 186 Å². The lowest BCUT2D eigenvalue weighted by atomic mass is 9.96. The van der Waals surface area contributed by atoms with Crippen LogP contribution in [0, 0.1) is 5.92 Å². The van der Waals surface area contributed by atoms with E-state index in [1.807, 2.05) is 29.3 Å². The predicted octanol–water partition coefficient (Wildman–Crippen LogP) is 1.01. The van der Waals surface area contributed by atoms with Gasteiger partial charge in [-0.05, 0) is 25.0 Å². The number of nitrogens with zero attached hydrogens (tertiary/aromatic N) is 9. The zero-order chi connectivity index (χ0) is 21.8. The molecule has 2 saturated heterocycles. The van der Waals surface area contributed by atoms with Gasteiger partial charge in [-0.1, -0.05) is 6.07 Å². The fraction of sp³-hybridized carbons (Fsp3) is 0.455. The molecule has 10 heteroatoms. The molecule has 5 heterocycles. The fourth-order valence-electron chi connectivity index (χ4n) is 4.45. The molecule has 2 aliphatic rings. The van der Waals surface area contributed by atoms with Crippen LogP contribution in [0.3, 0.4) is 0 Å². The maximum Gasteiger partial charge on any atom is 0.227 e. The van der Waals surface area contributed by atoms with Crippen LogP contribution in [0.15, 0.2) is 49.4 Å². The summed E-state index contributed by atoms with van der Waals surface area (Å²) in [7, 11) is 0. The minimum Gasteiger partial charge on any atom is -0.356 e. The van der Waals surface area contributed by atoms with Gasteiger partial charge in [0.25, 0.3) is 0 Å². The van der Waals surface area contributed by atoms with E-state index in [0.29, 0.717) is 12.4 Å². The van der Waals surface area contributed by atoms with Crippen LogP contribution in [-0.4, -0.2) is 84.7 Å². The van der Waals surface area contributed by atoms with Crippen molar-refractivity contribution in [2.24, 2.45) is 5.92 Å². The highest BCUT2D eigenvalue weighted by molar-refractivity contribution is 5.80. The van der Waals surface area contributed by atoms with E-state index in [1.54, 1.807) is 17.3 Å². The van der Waals surface area contributed by atoms with Gasteiger partial charge in [0.2, 0.25) is 5.91 Å². The molecule has 0 radical (unpaired) electrons. The van der Waals surface area contributed by atoms with E-state index in [-0.39, 0.29) is 11.8 Å². The molecule has 1 unspecified atom stereocenters. The summed E-state index contributed by atoms with van der Waals surface area (Å²) >= 11 is 0. The van der Waals surface area contributed by atoms with Gasteiger partial charge in [0.05, 0.1) is 11.6 Å². The van der Waals surface area contributed by atoms with Gasteiger partial charge < -0.3 is 9.80 Å². The average Bonchev–Trinajstić information content (AvgIpc) is 3.40. The lowest BCUT2D eigenvalue weighted by Gasteiger charge is -2.39. The zero-order valence-electron chi connectivity index (χ0n) is 18.0. The molecule has 0 bridgehead atoms. The Morgan fingerprint density at radius 3 is 2.66 bits per heavy atom. The molecule has 1 atom stereocenters. The monoisotopic (exact) mass is 433 g/mol. The molecular formula is C22H27N9O. The van der Waals surface area contributed by atoms with Crippen molar-refractivity contribution >= 4 is 11.7 Å². The van der Waals surface area contributed by atoms with Gasteiger partial charge in [-0.2, -0.15) is 5.10 Å². The number of anilines is 1. The Morgan fingerprint density at radius 1 is 1.00 bits per heavy atom. The number of piperazine rings is 1. The van der Waals surface area contributed by atoms with Crippen molar-refractivity contribution in [1.82, 2.24) is 39.5 Å².